The second-order valence-electron chi connectivity index (χ2n) is 4.64. The van der Waals surface area contributed by atoms with E-state index in [9.17, 15) is 9.18 Å². The van der Waals surface area contributed by atoms with Gasteiger partial charge in [0.1, 0.15) is 11.6 Å². The van der Waals surface area contributed by atoms with Crippen LogP contribution in [0.5, 0.6) is 5.75 Å². The zero-order chi connectivity index (χ0) is 13.9. The van der Waals surface area contributed by atoms with Gasteiger partial charge in [0.25, 0.3) is 5.91 Å². The third-order valence-electron chi connectivity index (χ3n) is 3.28. The van der Waals surface area contributed by atoms with Crippen LogP contribution < -0.4 is 5.32 Å². The molecule has 104 valence electrons. The van der Waals surface area contributed by atoms with E-state index in [1.54, 1.807) is 0 Å². The van der Waals surface area contributed by atoms with Gasteiger partial charge in [0.05, 0.1) is 11.1 Å². The first-order valence-electron chi connectivity index (χ1n) is 6.01. The van der Waals surface area contributed by atoms with Crippen molar-refractivity contribution in [2.45, 2.75) is 18.4 Å². The third-order valence-corrected chi connectivity index (χ3v) is 4.36. The summed E-state index contributed by atoms with van der Waals surface area (Å²) in [5.74, 6) is -1.40. The van der Waals surface area contributed by atoms with Crippen molar-refractivity contribution in [2.24, 2.45) is 0 Å². The van der Waals surface area contributed by atoms with E-state index in [0.717, 1.165) is 6.07 Å². The molecule has 1 heterocycles. The topological polar surface area (TPSA) is 58.6 Å². The Hall–Kier alpha value is -1.14. The number of amides is 1. The molecule has 0 spiro atoms. The van der Waals surface area contributed by atoms with Crippen molar-refractivity contribution in [1.82, 2.24) is 5.32 Å². The predicted octanol–water partition coefficient (Wildman–Crippen LogP) is 2.21. The van der Waals surface area contributed by atoms with Gasteiger partial charge >= 0.3 is 0 Å². The first-order chi connectivity index (χ1) is 9.06. The second kappa shape index (κ2) is 5.88. The smallest absolute Gasteiger partial charge is 0.254 e. The average molecular weight is 332 g/mol. The number of rotatable bonds is 3. The summed E-state index contributed by atoms with van der Waals surface area (Å²) < 4.78 is 18.9. The zero-order valence-electron chi connectivity index (χ0n) is 10.3. The number of phenols is 1. The highest BCUT2D eigenvalue weighted by Gasteiger charge is 2.33. The molecule has 4 nitrogen and oxygen atoms in total. The second-order valence-corrected chi connectivity index (χ2v) is 5.21. The number of ether oxygens (including phenoxy) is 1. The fraction of sp³-hybridized carbons (Fsp3) is 0.462. The van der Waals surface area contributed by atoms with E-state index in [-0.39, 0.29) is 11.3 Å². The molecule has 0 aliphatic carbocycles. The number of hydrogen-bond acceptors (Lipinski definition) is 3. The molecule has 19 heavy (non-hydrogen) atoms. The van der Waals surface area contributed by atoms with Crippen LogP contribution in [0.15, 0.2) is 18.2 Å². The molecule has 0 unspecified atom stereocenters. The lowest BCUT2D eigenvalue weighted by atomic mass is 9.92. The number of phenolic OH excluding ortho intramolecular Hbond substituents is 1. The summed E-state index contributed by atoms with van der Waals surface area (Å²) in [5, 5.41) is 12.6. The first-order valence-corrected chi connectivity index (χ1v) is 7.13. The van der Waals surface area contributed by atoms with Gasteiger partial charge < -0.3 is 15.2 Å². The van der Waals surface area contributed by atoms with Gasteiger partial charge in [-0.25, -0.2) is 4.39 Å². The Morgan fingerprint density at radius 1 is 1.47 bits per heavy atom. The van der Waals surface area contributed by atoms with Crippen molar-refractivity contribution < 1.29 is 19.0 Å². The maximum atomic E-state index is 13.6. The molecule has 2 N–H and O–H groups in total. The van der Waals surface area contributed by atoms with E-state index < -0.39 is 17.3 Å². The maximum Gasteiger partial charge on any atom is 0.254 e. The van der Waals surface area contributed by atoms with Gasteiger partial charge in [-0.05, 0) is 25.0 Å². The van der Waals surface area contributed by atoms with Gasteiger partial charge in [-0.2, -0.15) is 0 Å². The molecule has 1 aliphatic heterocycles. The molecule has 1 fully saturated rings. The van der Waals surface area contributed by atoms with Gasteiger partial charge in [-0.15, -0.1) is 0 Å². The molecule has 1 aromatic rings. The van der Waals surface area contributed by atoms with Crippen molar-refractivity contribution in [1.29, 1.82) is 0 Å². The van der Waals surface area contributed by atoms with Crippen molar-refractivity contribution >= 4 is 21.8 Å². The van der Waals surface area contributed by atoms with Crippen LogP contribution in [0.2, 0.25) is 0 Å². The molecular formula is C13H15BrFNO3. The molecule has 1 amide bonds. The fourth-order valence-electron chi connectivity index (χ4n) is 2.05. The van der Waals surface area contributed by atoms with Crippen LogP contribution in [0, 0.1) is 5.82 Å². The van der Waals surface area contributed by atoms with Crippen LogP contribution >= 0.6 is 15.9 Å². The summed E-state index contributed by atoms with van der Waals surface area (Å²) in [6.45, 7) is 1.15. The van der Waals surface area contributed by atoms with E-state index >= 15 is 0 Å². The summed E-state index contributed by atoms with van der Waals surface area (Å²) in [6.07, 6.45) is 1.37. The summed E-state index contributed by atoms with van der Waals surface area (Å²) >= 11 is 3.40. The Balaban J connectivity index is 2.15. The normalized spacial score (nSPS) is 18.0. The number of benzene rings is 1. The van der Waals surface area contributed by atoms with Crippen LogP contribution in [-0.2, 0) is 4.74 Å². The zero-order valence-corrected chi connectivity index (χ0v) is 11.9. The molecule has 0 radical (unpaired) electrons. The van der Waals surface area contributed by atoms with E-state index in [1.165, 1.54) is 12.1 Å². The molecule has 0 aromatic heterocycles. The predicted molar refractivity (Wildman–Crippen MR) is 72.1 cm³/mol. The van der Waals surface area contributed by atoms with Crippen LogP contribution in [-0.4, -0.2) is 35.1 Å². The Kier molecular flexibility index (Phi) is 4.42. The molecule has 0 atom stereocenters. The lowest BCUT2D eigenvalue weighted by molar-refractivity contribution is 0.0441. The molecule has 1 saturated heterocycles. The molecular weight excluding hydrogens is 317 g/mol. The lowest BCUT2D eigenvalue weighted by Crippen LogP contribution is -2.53. The van der Waals surface area contributed by atoms with Gasteiger partial charge in [0.15, 0.2) is 0 Å². The number of aromatic hydroxyl groups is 1. The van der Waals surface area contributed by atoms with Crippen LogP contribution in [0.4, 0.5) is 4.39 Å². The summed E-state index contributed by atoms with van der Waals surface area (Å²) in [6, 6.07) is 3.50. The SMILES string of the molecule is O=C(NC1(CBr)CCOCC1)c1ccc(O)cc1F. The highest BCUT2D eigenvalue weighted by atomic mass is 79.9. The largest absolute Gasteiger partial charge is 0.508 e. The summed E-state index contributed by atoms with van der Waals surface area (Å²) in [4.78, 5) is 12.1. The minimum absolute atomic E-state index is 0.0652. The number of halogens is 2. The molecule has 0 saturated carbocycles. The molecule has 1 aliphatic rings. The van der Waals surface area contributed by atoms with E-state index in [1.807, 2.05) is 0 Å². The van der Waals surface area contributed by atoms with Crippen LogP contribution in [0.1, 0.15) is 23.2 Å². The lowest BCUT2D eigenvalue weighted by Gasteiger charge is -2.36. The van der Waals surface area contributed by atoms with Crippen LogP contribution in [0.3, 0.4) is 0 Å². The molecule has 0 bridgehead atoms. The minimum atomic E-state index is -0.728. The van der Waals surface area contributed by atoms with Gasteiger partial charge in [0.2, 0.25) is 0 Å². The van der Waals surface area contributed by atoms with Crippen molar-refractivity contribution in [3.05, 3.63) is 29.6 Å². The van der Waals surface area contributed by atoms with Gasteiger partial charge in [-0.3, -0.25) is 4.79 Å². The van der Waals surface area contributed by atoms with E-state index in [2.05, 4.69) is 21.2 Å². The average Bonchev–Trinajstić information content (AvgIpc) is 2.39. The van der Waals surface area contributed by atoms with E-state index in [0.29, 0.717) is 31.4 Å². The van der Waals surface area contributed by atoms with E-state index in [4.69, 9.17) is 9.84 Å². The number of carbonyl (C=O) groups is 1. The van der Waals surface area contributed by atoms with Crippen molar-refractivity contribution in [3.63, 3.8) is 0 Å². The van der Waals surface area contributed by atoms with Crippen LogP contribution in [0.25, 0.3) is 0 Å². The first kappa shape index (κ1) is 14.3. The summed E-state index contributed by atoms with van der Waals surface area (Å²) in [5.41, 5.74) is -0.468. The minimum Gasteiger partial charge on any atom is -0.508 e. The standard InChI is InChI=1S/C13H15BrFNO3/c14-8-13(3-5-19-6-4-13)16-12(18)10-2-1-9(17)7-11(10)15/h1-2,7,17H,3-6,8H2,(H,16,18). The quantitative estimate of drug-likeness (QED) is 0.835. The van der Waals surface area contributed by atoms with Crippen molar-refractivity contribution in [2.75, 3.05) is 18.5 Å². The number of hydrogen-bond donors (Lipinski definition) is 2. The molecule has 6 heteroatoms. The monoisotopic (exact) mass is 331 g/mol. The Morgan fingerprint density at radius 2 is 2.16 bits per heavy atom. The Bertz CT molecular complexity index is 475. The maximum absolute atomic E-state index is 13.6. The van der Waals surface area contributed by atoms with Gasteiger partial charge in [-0.1, -0.05) is 15.9 Å². The Labute approximate surface area is 119 Å². The highest BCUT2D eigenvalue weighted by Crippen LogP contribution is 2.24. The fourth-order valence-corrected chi connectivity index (χ4v) is 2.75. The highest BCUT2D eigenvalue weighted by molar-refractivity contribution is 9.09. The van der Waals surface area contributed by atoms with Crippen molar-refractivity contribution in [3.8, 4) is 5.75 Å². The Morgan fingerprint density at radius 3 is 2.74 bits per heavy atom. The number of nitrogens with one attached hydrogen (secondary N) is 1. The molecule has 1 aromatic carbocycles. The van der Waals surface area contributed by atoms with Gasteiger partial charge in [0, 0.05) is 24.6 Å². The summed E-state index contributed by atoms with van der Waals surface area (Å²) in [7, 11) is 0. The molecule has 2 rings (SSSR count). The number of carbonyl (C=O) groups excluding carboxylic acids is 1. The number of alkyl halides is 1. The third kappa shape index (κ3) is 3.25.